The third-order valence-electron chi connectivity index (χ3n) is 14.6. The third-order valence-corrected chi connectivity index (χ3v) is 16.7. The van der Waals surface area contributed by atoms with Gasteiger partial charge in [0.1, 0.15) is 46.9 Å². The van der Waals surface area contributed by atoms with E-state index in [0.717, 1.165) is 69.0 Å². The Morgan fingerprint density at radius 3 is 2.52 bits per heavy atom. The van der Waals surface area contributed by atoms with Gasteiger partial charge in [-0.15, -0.1) is 6.58 Å². The number of aromatic nitrogens is 1. The van der Waals surface area contributed by atoms with Crippen molar-refractivity contribution >= 4 is 44.7 Å². The molecule has 66 heavy (non-hydrogen) atoms. The number of sulfonamides is 1. The van der Waals surface area contributed by atoms with Gasteiger partial charge in [-0.05, 0) is 81.3 Å². The number of nitrogens with one attached hydrogen (secondary N) is 3. The maximum atomic E-state index is 15.0. The molecular formula is C48H68N6O11S. The highest BCUT2D eigenvalue weighted by molar-refractivity contribution is 7.91. The van der Waals surface area contributed by atoms with Crippen LogP contribution in [0.2, 0.25) is 0 Å². The molecule has 4 heterocycles. The Morgan fingerprint density at radius 2 is 1.80 bits per heavy atom. The maximum Gasteiger partial charge on any atom is 0.408 e. The van der Waals surface area contributed by atoms with Crippen LogP contribution in [-0.4, -0.2) is 141 Å². The van der Waals surface area contributed by atoms with Gasteiger partial charge in [-0.3, -0.25) is 24.0 Å². The van der Waals surface area contributed by atoms with Crippen molar-refractivity contribution in [1.82, 2.24) is 30.1 Å². The second-order valence-electron chi connectivity index (χ2n) is 20.3. The van der Waals surface area contributed by atoms with Crippen LogP contribution in [0.15, 0.2) is 36.9 Å². The highest BCUT2D eigenvalue weighted by Gasteiger charge is 2.64. The quantitative estimate of drug-likeness (QED) is 0.253. The maximum absolute atomic E-state index is 15.0. The number of ether oxygens (including phenoxy) is 5. The molecule has 18 heteroatoms. The minimum absolute atomic E-state index is 0.00943. The van der Waals surface area contributed by atoms with Crippen LogP contribution in [0.3, 0.4) is 0 Å². The van der Waals surface area contributed by atoms with Crippen molar-refractivity contribution in [2.24, 2.45) is 17.3 Å². The molecule has 17 nitrogen and oxygen atoms in total. The highest BCUT2D eigenvalue weighted by Crippen LogP contribution is 2.48. The van der Waals surface area contributed by atoms with Gasteiger partial charge in [0.25, 0.3) is 5.91 Å². The number of hydrogen-bond donors (Lipinski definition) is 3. The van der Waals surface area contributed by atoms with Crippen molar-refractivity contribution in [1.29, 1.82) is 0 Å². The first-order valence-corrected chi connectivity index (χ1v) is 25.4. The fourth-order valence-corrected chi connectivity index (χ4v) is 11.9. The number of amides is 4. The summed E-state index contributed by atoms with van der Waals surface area (Å²) in [5.74, 6) is -1.39. The summed E-state index contributed by atoms with van der Waals surface area (Å²) in [6.07, 6.45) is 7.41. The molecule has 3 aliphatic carbocycles. The van der Waals surface area contributed by atoms with Gasteiger partial charge in [0.15, 0.2) is 0 Å². The number of carbonyl (C=O) groups excluding carboxylic acids is 4. The molecule has 6 aliphatic rings. The van der Waals surface area contributed by atoms with Crippen molar-refractivity contribution in [2.45, 2.75) is 132 Å². The van der Waals surface area contributed by atoms with E-state index in [1.807, 2.05) is 45.0 Å². The van der Waals surface area contributed by atoms with Crippen LogP contribution in [0.4, 0.5) is 4.79 Å². The van der Waals surface area contributed by atoms with Crippen LogP contribution < -0.4 is 24.8 Å². The van der Waals surface area contributed by atoms with Gasteiger partial charge >= 0.3 is 6.09 Å². The van der Waals surface area contributed by atoms with E-state index in [9.17, 15) is 22.8 Å². The average Bonchev–Trinajstić information content (AvgIpc) is 4.12. The standard InChI is InChI=1S/C48H68N6O11S/c1-6-32-28-48(32,44(57)52-66(59,60)47(19-20-47)30-61-5)51-41(55)37-27-33-29-54(37)43(56)40(46(2,3)4)50-45(58)65-38-18-12-14-31(38)13-8-7-9-16-35-39(63-26-23-53-21-24-62-25-22-53)34-15-10-11-17-36(34)49-42(35)64-33/h6,10-11,15,17,31-33,37-38,40H,1,7-9,12-14,16,18-30H2,2-5H3,(H,50,58)(H,51,55)(H,52,57)/t31-,32-,33-,37+,38-,40-,48-/m1/s1. The van der Waals surface area contributed by atoms with Crippen molar-refractivity contribution in [3.8, 4) is 11.6 Å². The van der Waals surface area contributed by atoms with Crippen molar-refractivity contribution in [2.75, 3.05) is 59.7 Å². The number of fused-ring (bicyclic) bond motifs is 5. The predicted molar refractivity (Wildman–Crippen MR) is 245 cm³/mol. The summed E-state index contributed by atoms with van der Waals surface area (Å²) in [5.41, 5.74) is -0.963. The van der Waals surface area contributed by atoms with Gasteiger partial charge in [0.05, 0.1) is 37.4 Å². The first-order valence-electron chi connectivity index (χ1n) is 23.9. The van der Waals surface area contributed by atoms with Crippen LogP contribution in [0.1, 0.15) is 97.0 Å². The van der Waals surface area contributed by atoms with Gasteiger partial charge in [0, 0.05) is 44.5 Å². The van der Waals surface area contributed by atoms with Crippen molar-refractivity contribution < 1.29 is 51.3 Å². The minimum Gasteiger partial charge on any atom is -0.491 e. The van der Waals surface area contributed by atoms with Crippen LogP contribution in [0, 0.1) is 17.3 Å². The molecule has 3 aliphatic heterocycles. The number of alkyl carbamates (subject to hydrolysis) is 1. The fraction of sp³-hybridized carbons (Fsp3) is 0.688. The summed E-state index contributed by atoms with van der Waals surface area (Å²) < 4.78 is 58.5. The van der Waals surface area contributed by atoms with E-state index in [-0.39, 0.29) is 38.0 Å². The largest absolute Gasteiger partial charge is 0.491 e. The summed E-state index contributed by atoms with van der Waals surface area (Å²) in [6.45, 7) is 13.4. The summed E-state index contributed by atoms with van der Waals surface area (Å²) >= 11 is 0. The monoisotopic (exact) mass is 936 g/mol. The van der Waals surface area contributed by atoms with Crippen LogP contribution >= 0.6 is 0 Å². The molecule has 8 rings (SSSR count). The third kappa shape index (κ3) is 10.2. The van der Waals surface area contributed by atoms with Gasteiger partial charge in [-0.25, -0.2) is 18.2 Å². The van der Waals surface area contributed by atoms with E-state index < -0.39 is 73.6 Å². The minimum atomic E-state index is -4.17. The average molecular weight is 937 g/mol. The van der Waals surface area contributed by atoms with Crippen molar-refractivity contribution in [3.05, 3.63) is 42.5 Å². The van der Waals surface area contributed by atoms with Crippen LogP contribution in [-0.2, 0) is 45.0 Å². The number of para-hydroxylation sites is 1. The molecule has 0 radical (unpaired) electrons. The molecule has 7 atom stereocenters. The molecule has 3 saturated carbocycles. The zero-order chi connectivity index (χ0) is 46.9. The molecule has 0 spiro atoms. The fourth-order valence-electron chi connectivity index (χ4n) is 10.3. The molecule has 5 fully saturated rings. The number of hydrogen-bond acceptors (Lipinski definition) is 13. The Morgan fingerprint density at radius 1 is 1.05 bits per heavy atom. The van der Waals surface area contributed by atoms with Crippen molar-refractivity contribution in [3.63, 3.8) is 0 Å². The smallest absolute Gasteiger partial charge is 0.408 e. The molecule has 4 amide bonds. The Kier molecular flexibility index (Phi) is 14.2. The number of morpholine rings is 1. The lowest BCUT2D eigenvalue weighted by molar-refractivity contribution is -0.143. The first-order chi connectivity index (χ1) is 31.6. The Bertz CT molecular complexity index is 2260. The number of methoxy groups -OCH3 is 1. The van der Waals surface area contributed by atoms with Crippen LogP contribution in [0.5, 0.6) is 11.6 Å². The van der Waals surface area contributed by atoms with E-state index >= 15 is 4.79 Å². The topological polar surface area (TPSA) is 204 Å². The van der Waals surface area contributed by atoms with Crippen LogP contribution in [0.25, 0.3) is 10.9 Å². The highest BCUT2D eigenvalue weighted by atomic mass is 32.2. The SMILES string of the molecule is C=C[C@@H]1C[C@]1(NC(=O)[C@@H]1C[C@@H]2CN1C(=O)[C@H](C(C)(C)C)NC(=O)O[C@@H]1CCC[C@H]1CCCCCc1c(nc3ccccc3c1OCCN1CCOCC1)O2)C(=O)NS(=O)(=O)C1(COC)CC1. The van der Waals surface area contributed by atoms with E-state index in [0.29, 0.717) is 62.8 Å². The predicted octanol–water partition coefficient (Wildman–Crippen LogP) is 4.41. The number of pyridine rings is 1. The van der Waals surface area contributed by atoms with E-state index in [1.54, 1.807) is 0 Å². The van der Waals surface area contributed by atoms with Gasteiger partial charge in [0.2, 0.25) is 27.7 Å². The number of carbonyl (C=O) groups is 4. The summed E-state index contributed by atoms with van der Waals surface area (Å²) in [5, 5.41) is 6.63. The molecule has 2 aromatic rings. The number of nitrogens with zero attached hydrogens (tertiary/aromatic N) is 3. The Hall–Kier alpha value is -4.52. The van der Waals surface area contributed by atoms with E-state index in [1.165, 1.54) is 18.1 Å². The Balaban J connectivity index is 1.13. The summed E-state index contributed by atoms with van der Waals surface area (Å²) in [4.78, 5) is 66.4. The molecule has 1 aromatic carbocycles. The van der Waals surface area contributed by atoms with E-state index in [2.05, 4.69) is 26.8 Å². The normalized spacial score (nSPS) is 29.5. The van der Waals surface area contributed by atoms with Gasteiger partial charge in [-0.2, -0.15) is 0 Å². The molecule has 2 bridgehead atoms. The number of benzene rings is 1. The van der Waals surface area contributed by atoms with Gasteiger partial charge < -0.3 is 39.2 Å². The zero-order valence-corrected chi connectivity index (χ0v) is 39.8. The number of rotatable bonds is 12. The second-order valence-corrected chi connectivity index (χ2v) is 22.3. The lowest BCUT2D eigenvalue weighted by Crippen LogP contribution is -2.60. The molecule has 0 unspecified atom stereocenters. The van der Waals surface area contributed by atoms with E-state index in [4.69, 9.17) is 28.7 Å². The lowest BCUT2D eigenvalue weighted by atomic mass is 9.85. The summed E-state index contributed by atoms with van der Waals surface area (Å²) in [6, 6.07) is 5.49. The molecule has 2 saturated heterocycles. The summed E-state index contributed by atoms with van der Waals surface area (Å²) in [7, 11) is -2.76. The zero-order valence-electron chi connectivity index (χ0n) is 38.9. The van der Waals surface area contributed by atoms with Gasteiger partial charge in [-0.1, -0.05) is 51.8 Å². The second kappa shape index (κ2) is 19.6. The molecule has 362 valence electrons. The molecular weight excluding hydrogens is 869 g/mol. The molecule has 1 aromatic heterocycles. The lowest BCUT2D eigenvalue weighted by Gasteiger charge is -2.35. The molecule has 3 N–H and O–H groups in total. The Labute approximate surface area is 388 Å². The first kappa shape index (κ1) is 48.0.